The lowest BCUT2D eigenvalue weighted by Gasteiger charge is -2.09. The lowest BCUT2D eigenvalue weighted by Crippen LogP contribution is -1.99. The molecule has 1 N–H and O–H groups in total. The Bertz CT molecular complexity index is 756. The Morgan fingerprint density at radius 3 is 2.57 bits per heavy atom. The molecule has 3 rings (SSSR count). The molecule has 0 bridgehead atoms. The molecule has 0 aliphatic carbocycles. The van der Waals surface area contributed by atoms with Crippen LogP contribution in [-0.2, 0) is 13.2 Å². The zero-order valence-electron chi connectivity index (χ0n) is 11.3. The monoisotopic (exact) mass is 343 g/mol. The zero-order valence-corrected chi connectivity index (χ0v) is 12.9. The topological polar surface area (TPSA) is 42.4 Å². The van der Waals surface area contributed by atoms with E-state index in [0.717, 1.165) is 26.5 Å². The maximum atomic E-state index is 9.49. The third kappa shape index (κ3) is 3.23. The Labute approximate surface area is 131 Å². The minimum absolute atomic E-state index is 0.0301. The normalized spacial score (nSPS) is 10.8. The van der Waals surface area contributed by atoms with Crippen LogP contribution in [0.25, 0.3) is 10.9 Å². The van der Waals surface area contributed by atoms with E-state index in [1.54, 1.807) is 6.07 Å². The molecule has 0 unspecified atom stereocenters. The van der Waals surface area contributed by atoms with Gasteiger partial charge in [0.1, 0.15) is 6.61 Å². The van der Waals surface area contributed by atoms with Crippen LogP contribution >= 0.6 is 15.9 Å². The SMILES string of the molecule is OCc1cc(OCc2ccc(Br)cc2)nc2ccccc12. The van der Waals surface area contributed by atoms with Crippen LogP contribution in [-0.4, -0.2) is 10.1 Å². The van der Waals surface area contributed by atoms with Crippen LogP contribution in [0.1, 0.15) is 11.1 Å². The number of ether oxygens (including phenoxy) is 1. The van der Waals surface area contributed by atoms with E-state index in [0.29, 0.717) is 12.5 Å². The molecule has 1 aromatic heterocycles. The fourth-order valence-corrected chi connectivity index (χ4v) is 2.43. The number of pyridine rings is 1. The van der Waals surface area contributed by atoms with Crippen LogP contribution in [0.4, 0.5) is 0 Å². The molecule has 0 saturated carbocycles. The first kappa shape index (κ1) is 14.0. The summed E-state index contributed by atoms with van der Waals surface area (Å²) < 4.78 is 6.78. The van der Waals surface area contributed by atoms with Crippen molar-refractivity contribution in [1.29, 1.82) is 0 Å². The van der Waals surface area contributed by atoms with Crippen LogP contribution < -0.4 is 4.74 Å². The number of nitrogens with zero attached hydrogens (tertiary/aromatic N) is 1. The molecule has 3 nitrogen and oxygen atoms in total. The molecule has 0 fully saturated rings. The van der Waals surface area contributed by atoms with Crippen molar-refractivity contribution in [2.75, 3.05) is 0 Å². The Balaban J connectivity index is 1.85. The van der Waals surface area contributed by atoms with Crippen LogP contribution in [0.2, 0.25) is 0 Å². The largest absolute Gasteiger partial charge is 0.473 e. The van der Waals surface area contributed by atoms with Crippen LogP contribution in [0.5, 0.6) is 5.88 Å². The van der Waals surface area contributed by atoms with Gasteiger partial charge in [-0.25, -0.2) is 4.98 Å². The molecular weight excluding hydrogens is 330 g/mol. The highest BCUT2D eigenvalue weighted by Gasteiger charge is 2.06. The van der Waals surface area contributed by atoms with Crippen molar-refractivity contribution in [1.82, 2.24) is 4.98 Å². The van der Waals surface area contributed by atoms with E-state index in [4.69, 9.17) is 4.74 Å². The van der Waals surface area contributed by atoms with Gasteiger partial charge in [0.15, 0.2) is 0 Å². The summed E-state index contributed by atoms with van der Waals surface area (Å²) in [5.74, 6) is 0.528. The van der Waals surface area contributed by atoms with Gasteiger partial charge in [-0.05, 0) is 29.3 Å². The average Bonchev–Trinajstić information content (AvgIpc) is 2.53. The van der Waals surface area contributed by atoms with Gasteiger partial charge >= 0.3 is 0 Å². The van der Waals surface area contributed by atoms with Gasteiger partial charge in [-0.1, -0.05) is 46.3 Å². The number of aliphatic hydroxyl groups is 1. The predicted octanol–water partition coefficient (Wildman–Crippen LogP) is 4.07. The van der Waals surface area contributed by atoms with E-state index in [-0.39, 0.29) is 6.61 Å². The summed E-state index contributed by atoms with van der Waals surface area (Å²) in [6.07, 6.45) is 0. The summed E-state index contributed by atoms with van der Waals surface area (Å²) in [5.41, 5.74) is 2.72. The van der Waals surface area contributed by atoms with Crippen LogP contribution in [0, 0.1) is 0 Å². The molecule has 0 aliphatic heterocycles. The molecule has 3 aromatic rings. The number of benzene rings is 2. The highest BCUT2D eigenvalue weighted by atomic mass is 79.9. The number of aliphatic hydroxyl groups excluding tert-OH is 1. The fraction of sp³-hybridized carbons (Fsp3) is 0.118. The summed E-state index contributed by atoms with van der Waals surface area (Å²) in [6.45, 7) is 0.418. The van der Waals surface area contributed by atoms with Gasteiger partial charge in [-0.2, -0.15) is 0 Å². The Kier molecular flexibility index (Phi) is 4.18. The Morgan fingerprint density at radius 1 is 1.05 bits per heavy atom. The van der Waals surface area contributed by atoms with Crippen molar-refractivity contribution < 1.29 is 9.84 Å². The molecule has 4 heteroatoms. The van der Waals surface area contributed by atoms with Gasteiger partial charge < -0.3 is 9.84 Å². The number of aromatic nitrogens is 1. The van der Waals surface area contributed by atoms with E-state index < -0.39 is 0 Å². The minimum Gasteiger partial charge on any atom is -0.473 e. The van der Waals surface area contributed by atoms with E-state index in [2.05, 4.69) is 20.9 Å². The van der Waals surface area contributed by atoms with Gasteiger partial charge in [0, 0.05) is 15.9 Å². The highest BCUT2D eigenvalue weighted by molar-refractivity contribution is 9.10. The van der Waals surface area contributed by atoms with Crippen molar-refractivity contribution in [2.45, 2.75) is 13.2 Å². The maximum absolute atomic E-state index is 9.49. The van der Waals surface area contributed by atoms with Gasteiger partial charge in [-0.3, -0.25) is 0 Å². The molecule has 0 radical (unpaired) electrons. The van der Waals surface area contributed by atoms with Gasteiger partial charge in [0.25, 0.3) is 0 Å². The molecule has 0 aliphatic rings. The second kappa shape index (κ2) is 6.24. The molecule has 1 heterocycles. The van der Waals surface area contributed by atoms with Gasteiger partial charge in [-0.15, -0.1) is 0 Å². The van der Waals surface area contributed by atoms with Crippen molar-refractivity contribution in [2.24, 2.45) is 0 Å². The van der Waals surface area contributed by atoms with Crippen molar-refractivity contribution in [3.63, 3.8) is 0 Å². The molecule has 0 spiro atoms. The number of para-hydroxylation sites is 1. The van der Waals surface area contributed by atoms with E-state index in [1.165, 1.54) is 0 Å². The number of fused-ring (bicyclic) bond motifs is 1. The summed E-state index contributed by atoms with van der Waals surface area (Å²) in [7, 11) is 0. The lowest BCUT2D eigenvalue weighted by atomic mass is 10.1. The first-order chi connectivity index (χ1) is 10.3. The third-order valence-corrected chi connectivity index (χ3v) is 3.78. The first-order valence-corrected chi connectivity index (χ1v) is 7.42. The van der Waals surface area contributed by atoms with E-state index in [9.17, 15) is 5.11 Å². The van der Waals surface area contributed by atoms with Crippen molar-refractivity contribution >= 4 is 26.8 Å². The van der Waals surface area contributed by atoms with Gasteiger partial charge in [0.2, 0.25) is 5.88 Å². The molecule has 0 saturated heterocycles. The third-order valence-electron chi connectivity index (χ3n) is 3.25. The van der Waals surface area contributed by atoms with Crippen molar-refractivity contribution in [3.8, 4) is 5.88 Å². The number of halogens is 1. The summed E-state index contributed by atoms with van der Waals surface area (Å²) in [6, 6.07) is 17.5. The smallest absolute Gasteiger partial charge is 0.214 e. The molecular formula is C17H14BrNO2. The maximum Gasteiger partial charge on any atom is 0.214 e. The second-order valence-corrected chi connectivity index (χ2v) is 5.63. The molecule has 0 atom stereocenters. The lowest BCUT2D eigenvalue weighted by molar-refractivity contribution is 0.277. The molecule has 2 aromatic carbocycles. The number of hydrogen-bond donors (Lipinski definition) is 1. The Morgan fingerprint density at radius 2 is 1.81 bits per heavy atom. The number of hydrogen-bond acceptors (Lipinski definition) is 3. The van der Waals surface area contributed by atoms with E-state index in [1.807, 2.05) is 48.5 Å². The average molecular weight is 344 g/mol. The van der Waals surface area contributed by atoms with E-state index >= 15 is 0 Å². The van der Waals surface area contributed by atoms with Crippen LogP contribution in [0.15, 0.2) is 59.1 Å². The fourth-order valence-electron chi connectivity index (χ4n) is 2.16. The standard InChI is InChI=1S/C17H14BrNO2/c18-14-7-5-12(6-8-14)11-21-17-9-13(10-20)15-3-1-2-4-16(15)19-17/h1-9,20H,10-11H2. The summed E-state index contributed by atoms with van der Waals surface area (Å²) in [5, 5.41) is 10.4. The van der Waals surface area contributed by atoms with Gasteiger partial charge in [0.05, 0.1) is 12.1 Å². The molecule has 21 heavy (non-hydrogen) atoms. The minimum atomic E-state index is -0.0301. The quantitative estimate of drug-likeness (QED) is 0.776. The first-order valence-electron chi connectivity index (χ1n) is 6.63. The summed E-state index contributed by atoms with van der Waals surface area (Å²) >= 11 is 3.41. The molecule has 106 valence electrons. The molecule has 0 amide bonds. The highest BCUT2D eigenvalue weighted by Crippen LogP contribution is 2.22. The zero-order chi connectivity index (χ0) is 14.7. The Hall–Kier alpha value is -1.91. The van der Waals surface area contributed by atoms with Crippen molar-refractivity contribution in [3.05, 3.63) is 70.2 Å². The van der Waals surface area contributed by atoms with Crippen LogP contribution in [0.3, 0.4) is 0 Å². The summed E-state index contributed by atoms with van der Waals surface area (Å²) in [4.78, 5) is 4.47. The second-order valence-electron chi connectivity index (χ2n) is 4.71. The number of rotatable bonds is 4. The predicted molar refractivity (Wildman–Crippen MR) is 86.1 cm³/mol.